The van der Waals surface area contributed by atoms with Crippen LogP contribution >= 0.6 is 11.8 Å². The molecule has 0 aromatic heterocycles. The number of hydrazine groups is 1. The Morgan fingerprint density at radius 2 is 2.04 bits per heavy atom. The van der Waals surface area contributed by atoms with Crippen LogP contribution in [0.5, 0.6) is 0 Å². The van der Waals surface area contributed by atoms with Crippen LogP contribution in [0.4, 0.5) is 23.7 Å². The molecule has 2 rings (SSSR count). The number of nitrogens with one attached hydrogen (secondary N) is 3. The molecule has 25 heavy (non-hydrogen) atoms. The molecule has 0 saturated carbocycles. The number of hydrogen-bond acceptors (Lipinski definition) is 5. The average Bonchev–Trinajstić information content (AvgIpc) is 2.52. The lowest BCUT2D eigenvalue weighted by molar-refractivity contribution is -0.137. The monoisotopic (exact) mass is 377 g/mol. The summed E-state index contributed by atoms with van der Waals surface area (Å²) < 4.78 is 42.6. The standard InChI is InChI=1S/C14H14F3N3O4S/c1-2-24-13(23)20-19-11(21)6-10-12(22)18-8-5-7(14(15,16)17)3-4-9(8)25-10/h3-5,10H,2,6H2,1H3,(H,18,22)(H,19,21)(H,20,23). The van der Waals surface area contributed by atoms with Crippen molar-refractivity contribution in [2.45, 2.75) is 29.7 Å². The van der Waals surface area contributed by atoms with E-state index in [4.69, 9.17) is 0 Å². The molecule has 3 N–H and O–H groups in total. The number of halogens is 3. The minimum Gasteiger partial charge on any atom is -0.449 e. The number of amides is 3. The lowest BCUT2D eigenvalue weighted by Gasteiger charge is -2.24. The fraction of sp³-hybridized carbons (Fsp3) is 0.357. The summed E-state index contributed by atoms with van der Waals surface area (Å²) in [6.45, 7) is 1.71. The molecular weight excluding hydrogens is 363 g/mol. The zero-order valence-electron chi connectivity index (χ0n) is 12.9. The number of carbonyl (C=O) groups is 3. The van der Waals surface area contributed by atoms with E-state index in [1.54, 1.807) is 6.92 Å². The number of thioether (sulfide) groups is 1. The zero-order valence-corrected chi connectivity index (χ0v) is 13.7. The number of rotatable bonds is 3. The minimum atomic E-state index is -4.51. The number of benzene rings is 1. The first kappa shape index (κ1) is 18.9. The summed E-state index contributed by atoms with van der Waals surface area (Å²) in [4.78, 5) is 35.2. The van der Waals surface area contributed by atoms with E-state index in [1.807, 2.05) is 5.43 Å². The lowest BCUT2D eigenvalue weighted by Crippen LogP contribution is -2.44. The number of fused-ring (bicyclic) bond motifs is 1. The Morgan fingerprint density at radius 3 is 2.68 bits per heavy atom. The Labute approximate surface area is 144 Å². The molecule has 136 valence electrons. The molecule has 0 spiro atoms. The molecule has 11 heteroatoms. The second-order valence-corrected chi connectivity index (χ2v) is 6.15. The van der Waals surface area contributed by atoms with Gasteiger partial charge in [-0.3, -0.25) is 15.0 Å². The van der Waals surface area contributed by atoms with E-state index in [0.717, 1.165) is 23.9 Å². The predicted octanol–water partition coefficient (Wildman–Crippen LogP) is 2.29. The highest BCUT2D eigenvalue weighted by Gasteiger charge is 2.34. The van der Waals surface area contributed by atoms with Gasteiger partial charge in [-0.25, -0.2) is 10.2 Å². The predicted molar refractivity (Wildman–Crippen MR) is 82.6 cm³/mol. The molecule has 0 aliphatic carbocycles. The van der Waals surface area contributed by atoms with Crippen LogP contribution in [0, 0.1) is 0 Å². The van der Waals surface area contributed by atoms with E-state index in [9.17, 15) is 27.6 Å². The summed E-state index contributed by atoms with van der Waals surface area (Å²) in [7, 11) is 0. The highest BCUT2D eigenvalue weighted by atomic mass is 32.2. The van der Waals surface area contributed by atoms with Crippen LogP contribution in [0.15, 0.2) is 23.1 Å². The average molecular weight is 377 g/mol. The summed E-state index contributed by atoms with van der Waals surface area (Å²) in [5, 5.41) is 1.52. The first-order chi connectivity index (χ1) is 11.7. The van der Waals surface area contributed by atoms with Gasteiger partial charge in [-0.05, 0) is 25.1 Å². The number of anilines is 1. The van der Waals surface area contributed by atoms with Gasteiger partial charge in [-0.1, -0.05) is 0 Å². The van der Waals surface area contributed by atoms with Crippen molar-refractivity contribution in [1.29, 1.82) is 0 Å². The number of alkyl halides is 3. The fourth-order valence-corrected chi connectivity index (χ4v) is 3.06. The Bertz CT molecular complexity index is 696. The van der Waals surface area contributed by atoms with E-state index < -0.39 is 34.9 Å². The largest absolute Gasteiger partial charge is 0.449 e. The van der Waals surface area contributed by atoms with E-state index >= 15 is 0 Å². The van der Waals surface area contributed by atoms with Crippen LogP contribution in [0.2, 0.25) is 0 Å². The van der Waals surface area contributed by atoms with Crippen LogP contribution < -0.4 is 16.2 Å². The van der Waals surface area contributed by atoms with E-state index in [-0.39, 0.29) is 18.7 Å². The Hall–Kier alpha value is -2.43. The van der Waals surface area contributed by atoms with Gasteiger partial charge in [0.25, 0.3) is 0 Å². The third-order valence-corrected chi connectivity index (χ3v) is 4.35. The van der Waals surface area contributed by atoms with Crippen LogP contribution in [-0.4, -0.2) is 29.8 Å². The molecule has 1 atom stereocenters. The highest BCUT2D eigenvalue weighted by Crippen LogP contribution is 2.40. The van der Waals surface area contributed by atoms with Gasteiger partial charge in [0.1, 0.15) is 0 Å². The van der Waals surface area contributed by atoms with Crippen molar-refractivity contribution >= 4 is 35.4 Å². The van der Waals surface area contributed by atoms with Gasteiger partial charge in [-0.15, -0.1) is 11.8 Å². The molecule has 1 aromatic carbocycles. The third-order valence-electron chi connectivity index (χ3n) is 3.08. The van der Waals surface area contributed by atoms with Gasteiger partial charge in [0.2, 0.25) is 11.8 Å². The Balaban J connectivity index is 1.98. The van der Waals surface area contributed by atoms with Gasteiger partial charge >= 0.3 is 12.3 Å². The summed E-state index contributed by atoms with van der Waals surface area (Å²) in [5.74, 6) is -1.24. The minimum absolute atomic E-state index is 0.0473. The van der Waals surface area contributed by atoms with E-state index in [1.165, 1.54) is 6.07 Å². The van der Waals surface area contributed by atoms with E-state index in [2.05, 4.69) is 15.5 Å². The van der Waals surface area contributed by atoms with Crippen molar-refractivity contribution in [3.05, 3.63) is 23.8 Å². The van der Waals surface area contributed by atoms with Crippen molar-refractivity contribution in [2.75, 3.05) is 11.9 Å². The second kappa shape index (κ2) is 7.64. The maximum absolute atomic E-state index is 12.7. The molecular formula is C14H14F3N3O4S. The summed E-state index contributed by atoms with van der Waals surface area (Å²) >= 11 is 0.973. The van der Waals surface area contributed by atoms with Crippen LogP contribution in [-0.2, 0) is 20.5 Å². The van der Waals surface area contributed by atoms with Crippen LogP contribution in [0.3, 0.4) is 0 Å². The van der Waals surface area contributed by atoms with Gasteiger partial charge in [0.05, 0.1) is 23.1 Å². The van der Waals surface area contributed by atoms with Crippen molar-refractivity contribution < 1.29 is 32.3 Å². The topological polar surface area (TPSA) is 96.5 Å². The molecule has 1 aromatic rings. The number of hydrogen-bond donors (Lipinski definition) is 3. The van der Waals surface area contributed by atoms with Crippen molar-refractivity contribution in [2.24, 2.45) is 0 Å². The normalized spacial score (nSPS) is 16.5. The molecule has 1 heterocycles. The van der Waals surface area contributed by atoms with Gasteiger partial charge in [0.15, 0.2) is 0 Å². The van der Waals surface area contributed by atoms with Crippen molar-refractivity contribution in [3.8, 4) is 0 Å². The molecule has 1 unspecified atom stereocenters. The maximum atomic E-state index is 12.7. The van der Waals surface area contributed by atoms with Gasteiger partial charge < -0.3 is 10.1 Å². The highest BCUT2D eigenvalue weighted by molar-refractivity contribution is 8.01. The van der Waals surface area contributed by atoms with Gasteiger partial charge in [0, 0.05) is 11.3 Å². The number of carbonyl (C=O) groups excluding carboxylic acids is 3. The SMILES string of the molecule is CCOC(=O)NNC(=O)CC1Sc2ccc(C(F)(F)F)cc2NC1=O. The molecule has 0 radical (unpaired) electrons. The quantitative estimate of drug-likeness (QED) is 0.703. The smallest absolute Gasteiger partial charge is 0.426 e. The fourth-order valence-electron chi connectivity index (χ4n) is 1.97. The van der Waals surface area contributed by atoms with Crippen LogP contribution in [0.25, 0.3) is 0 Å². The third kappa shape index (κ3) is 5.02. The van der Waals surface area contributed by atoms with Crippen LogP contribution in [0.1, 0.15) is 18.9 Å². The molecule has 7 nitrogen and oxygen atoms in total. The van der Waals surface area contributed by atoms with Crippen molar-refractivity contribution in [1.82, 2.24) is 10.9 Å². The Morgan fingerprint density at radius 1 is 1.32 bits per heavy atom. The zero-order chi connectivity index (χ0) is 18.6. The first-order valence-corrected chi connectivity index (χ1v) is 7.99. The molecule has 3 amide bonds. The summed E-state index contributed by atoms with van der Waals surface area (Å²) in [6.07, 6.45) is -5.63. The molecule has 0 bridgehead atoms. The Kier molecular flexibility index (Phi) is 5.77. The number of ether oxygens (including phenoxy) is 1. The van der Waals surface area contributed by atoms with Gasteiger partial charge in [-0.2, -0.15) is 13.2 Å². The van der Waals surface area contributed by atoms with Crippen molar-refractivity contribution in [3.63, 3.8) is 0 Å². The lowest BCUT2D eigenvalue weighted by atomic mass is 10.1. The first-order valence-electron chi connectivity index (χ1n) is 7.11. The summed E-state index contributed by atoms with van der Waals surface area (Å²) in [6, 6.07) is 2.99. The molecule has 0 fully saturated rings. The molecule has 0 saturated heterocycles. The van der Waals surface area contributed by atoms with E-state index in [0.29, 0.717) is 4.90 Å². The second-order valence-electron chi connectivity index (χ2n) is 4.90. The maximum Gasteiger partial charge on any atom is 0.426 e. The summed E-state index contributed by atoms with van der Waals surface area (Å²) in [5.41, 5.74) is 3.26. The molecule has 1 aliphatic heterocycles. The molecule has 1 aliphatic rings.